The topological polar surface area (TPSA) is 54.4 Å². The first-order valence-electron chi connectivity index (χ1n) is 4.32. The van der Waals surface area contributed by atoms with E-state index in [1.165, 1.54) is 0 Å². The van der Waals surface area contributed by atoms with E-state index in [4.69, 9.17) is 5.11 Å². The number of Topliss-reactive ketones (excluding diaryl/α,β-unsaturated/α-hetero) is 2. The predicted octanol–water partition coefficient (Wildman–Crippen LogP) is 0.696. The van der Waals surface area contributed by atoms with Gasteiger partial charge in [-0.1, -0.05) is 0 Å². The molecular formula is C9H14O3. The first kappa shape index (κ1) is 9.39. The van der Waals surface area contributed by atoms with Crippen LogP contribution in [0, 0.1) is 5.92 Å². The van der Waals surface area contributed by atoms with E-state index in [0.717, 1.165) is 0 Å². The fourth-order valence-corrected chi connectivity index (χ4v) is 1.58. The molecule has 0 aromatic carbocycles. The number of carbonyl (C=O) groups is 2. The van der Waals surface area contributed by atoms with Gasteiger partial charge in [-0.3, -0.25) is 9.59 Å². The van der Waals surface area contributed by atoms with Gasteiger partial charge in [-0.15, -0.1) is 0 Å². The van der Waals surface area contributed by atoms with Gasteiger partial charge in [0.25, 0.3) is 0 Å². The zero-order valence-corrected chi connectivity index (χ0v) is 7.25. The minimum Gasteiger partial charge on any atom is -0.393 e. The molecule has 0 heterocycles. The molecule has 1 N–H and O–H groups in total. The summed E-state index contributed by atoms with van der Waals surface area (Å²) in [6.45, 7) is 1.65. The molecule has 0 amide bonds. The van der Waals surface area contributed by atoms with Gasteiger partial charge in [-0.25, -0.2) is 0 Å². The van der Waals surface area contributed by atoms with E-state index in [0.29, 0.717) is 25.7 Å². The predicted molar refractivity (Wildman–Crippen MR) is 43.7 cm³/mol. The summed E-state index contributed by atoms with van der Waals surface area (Å²) in [7, 11) is 0. The van der Waals surface area contributed by atoms with E-state index in [1.54, 1.807) is 6.92 Å². The number of ketones is 2. The Hall–Kier alpha value is -0.700. The summed E-state index contributed by atoms with van der Waals surface area (Å²) in [5.41, 5.74) is 0. The molecule has 2 atom stereocenters. The van der Waals surface area contributed by atoms with Gasteiger partial charge in [-0.2, -0.15) is 0 Å². The van der Waals surface area contributed by atoms with E-state index in [-0.39, 0.29) is 17.5 Å². The van der Waals surface area contributed by atoms with Crippen LogP contribution in [0.1, 0.15) is 32.6 Å². The Balaban J connectivity index is 2.49. The molecule has 12 heavy (non-hydrogen) atoms. The van der Waals surface area contributed by atoms with Crippen LogP contribution in [0.25, 0.3) is 0 Å². The number of carbonyl (C=O) groups excluding carboxylic acids is 2. The van der Waals surface area contributed by atoms with Gasteiger partial charge in [0.1, 0.15) is 11.6 Å². The second kappa shape index (κ2) is 3.81. The highest BCUT2D eigenvalue weighted by molar-refractivity contribution is 5.94. The highest BCUT2D eigenvalue weighted by Gasteiger charge is 2.27. The van der Waals surface area contributed by atoms with Crippen LogP contribution in [-0.4, -0.2) is 22.8 Å². The lowest BCUT2D eigenvalue weighted by atomic mass is 9.84. The summed E-state index contributed by atoms with van der Waals surface area (Å²) in [5.74, 6) is 0.0713. The molecule has 0 bridgehead atoms. The Bertz CT molecular complexity index is 196. The Morgan fingerprint density at radius 3 is 2.75 bits per heavy atom. The molecule has 0 spiro atoms. The van der Waals surface area contributed by atoms with Crippen LogP contribution in [0.4, 0.5) is 0 Å². The smallest absolute Gasteiger partial charge is 0.136 e. The van der Waals surface area contributed by atoms with E-state index in [2.05, 4.69) is 0 Å². The molecule has 1 saturated carbocycles. The fraction of sp³-hybridized carbons (Fsp3) is 0.778. The molecular weight excluding hydrogens is 156 g/mol. The van der Waals surface area contributed by atoms with E-state index in [1.807, 2.05) is 0 Å². The third-order valence-electron chi connectivity index (χ3n) is 2.21. The van der Waals surface area contributed by atoms with Crippen LogP contribution < -0.4 is 0 Å². The molecule has 3 nitrogen and oxygen atoms in total. The van der Waals surface area contributed by atoms with Gasteiger partial charge in [0, 0.05) is 25.2 Å². The SMILES string of the molecule is C[C@@H](O)C[C@@H]1CC(=O)CCC1=O. The maximum Gasteiger partial charge on any atom is 0.136 e. The van der Waals surface area contributed by atoms with Gasteiger partial charge >= 0.3 is 0 Å². The van der Waals surface area contributed by atoms with Crippen molar-refractivity contribution in [2.75, 3.05) is 0 Å². The largest absolute Gasteiger partial charge is 0.393 e. The van der Waals surface area contributed by atoms with Crippen molar-refractivity contribution in [2.45, 2.75) is 38.7 Å². The summed E-state index contributed by atoms with van der Waals surface area (Å²) in [4.78, 5) is 22.2. The van der Waals surface area contributed by atoms with Crippen molar-refractivity contribution < 1.29 is 14.7 Å². The molecule has 68 valence electrons. The van der Waals surface area contributed by atoms with Crippen LogP contribution >= 0.6 is 0 Å². The maximum absolute atomic E-state index is 11.2. The van der Waals surface area contributed by atoms with Gasteiger partial charge in [0.05, 0.1) is 6.10 Å². The Kier molecular flexibility index (Phi) is 2.98. The first-order valence-corrected chi connectivity index (χ1v) is 4.32. The molecule has 0 radical (unpaired) electrons. The van der Waals surface area contributed by atoms with Crippen molar-refractivity contribution in [3.63, 3.8) is 0 Å². The molecule has 1 aliphatic rings. The second-order valence-corrected chi connectivity index (χ2v) is 3.49. The van der Waals surface area contributed by atoms with Crippen molar-refractivity contribution >= 4 is 11.6 Å². The van der Waals surface area contributed by atoms with Crippen LogP contribution in [0.3, 0.4) is 0 Å². The van der Waals surface area contributed by atoms with Crippen molar-refractivity contribution in [3.05, 3.63) is 0 Å². The molecule has 1 fully saturated rings. The number of hydrogen-bond donors (Lipinski definition) is 1. The van der Waals surface area contributed by atoms with Crippen LogP contribution in [0.15, 0.2) is 0 Å². The molecule has 0 saturated heterocycles. The first-order chi connectivity index (χ1) is 5.59. The van der Waals surface area contributed by atoms with E-state index < -0.39 is 6.10 Å². The third-order valence-corrected chi connectivity index (χ3v) is 2.21. The monoisotopic (exact) mass is 170 g/mol. The highest BCUT2D eigenvalue weighted by Crippen LogP contribution is 2.22. The molecule has 1 rings (SSSR count). The average molecular weight is 170 g/mol. The van der Waals surface area contributed by atoms with Gasteiger partial charge in [-0.05, 0) is 13.3 Å². The van der Waals surface area contributed by atoms with Gasteiger partial charge < -0.3 is 5.11 Å². The summed E-state index contributed by atoms with van der Waals surface area (Å²) in [5, 5.41) is 9.05. The van der Waals surface area contributed by atoms with Crippen molar-refractivity contribution in [2.24, 2.45) is 5.92 Å². The molecule has 0 aromatic rings. The minimum atomic E-state index is -0.482. The van der Waals surface area contributed by atoms with Crippen molar-refractivity contribution in [1.82, 2.24) is 0 Å². The van der Waals surface area contributed by atoms with Gasteiger partial charge in [0.2, 0.25) is 0 Å². The molecule has 1 aliphatic carbocycles. The Morgan fingerprint density at radius 2 is 2.17 bits per heavy atom. The number of aliphatic hydroxyl groups excluding tert-OH is 1. The number of rotatable bonds is 2. The fourth-order valence-electron chi connectivity index (χ4n) is 1.58. The standard InChI is InChI=1S/C9H14O3/c1-6(10)4-7-5-8(11)2-3-9(7)12/h6-7,10H,2-5H2,1H3/t6-,7-/m1/s1. The molecule has 0 unspecified atom stereocenters. The zero-order valence-electron chi connectivity index (χ0n) is 7.25. The Labute approximate surface area is 71.8 Å². The maximum atomic E-state index is 11.2. The Morgan fingerprint density at radius 1 is 1.50 bits per heavy atom. The molecule has 3 heteroatoms. The lowest BCUT2D eigenvalue weighted by Crippen LogP contribution is -2.27. The van der Waals surface area contributed by atoms with Crippen molar-refractivity contribution in [1.29, 1.82) is 0 Å². The summed E-state index contributed by atoms with van der Waals surface area (Å²) in [6.07, 6.45) is 1.06. The van der Waals surface area contributed by atoms with Crippen LogP contribution in [-0.2, 0) is 9.59 Å². The molecule has 0 aromatic heterocycles. The van der Waals surface area contributed by atoms with Gasteiger partial charge in [0.15, 0.2) is 0 Å². The zero-order chi connectivity index (χ0) is 9.14. The lowest BCUT2D eigenvalue weighted by molar-refractivity contribution is -0.133. The number of aliphatic hydroxyl groups is 1. The molecule has 0 aliphatic heterocycles. The summed E-state index contributed by atoms with van der Waals surface area (Å²) in [6, 6.07) is 0. The summed E-state index contributed by atoms with van der Waals surface area (Å²) >= 11 is 0. The quantitative estimate of drug-likeness (QED) is 0.663. The average Bonchev–Trinajstić information content (AvgIpc) is 1.96. The van der Waals surface area contributed by atoms with E-state index >= 15 is 0 Å². The van der Waals surface area contributed by atoms with Crippen LogP contribution in [0.2, 0.25) is 0 Å². The highest BCUT2D eigenvalue weighted by atomic mass is 16.3. The van der Waals surface area contributed by atoms with Crippen molar-refractivity contribution in [3.8, 4) is 0 Å². The summed E-state index contributed by atoms with van der Waals surface area (Å²) < 4.78 is 0. The number of hydrogen-bond acceptors (Lipinski definition) is 3. The lowest BCUT2D eigenvalue weighted by Gasteiger charge is -2.20. The third kappa shape index (κ3) is 2.41. The second-order valence-electron chi connectivity index (χ2n) is 3.49. The van der Waals surface area contributed by atoms with E-state index in [9.17, 15) is 9.59 Å². The van der Waals surface area contributed by atoms with Crippen LogP contribution in [0.5, 0.6) is 0 Å². The minimum absolute atomic E-state index is 0.135. The normalized spacial score (nSPS) is 27.3.